The van der Waals surface area contributed by atoms with Gasteiger partial charge < -0.3 is 15.5 Å². The van der Waals surface area contributed by atoms with Gasteiger partial charge >= 0.3 is 0 Å². The monoisotopic (exact) mass is 353 g/mol. The summed E-state index contributed by atoms with van der Waals surface area (Å²) in [6.45, 7) is 7.23. The number of rotatable bonds is 6. The highest BCUT2D eigenvalue weighted by Crippen LogP contribution is 2.25. The summed E-state index contributed by atoms with van der Waals surface area (Å²) in [6, 6.07) is 8.38. The fourth-order valence-electron chi connectivity index (χ4n) is 3.01. The van der Waals surface area contributed by atoms with Gasteiger partial charge in [0.2, 0.25) is 0 Å². The van der Waals surface area contributed by atoms with E-state index >= 15 is 0 Å². The number of nitrogens with one attached hydrogen (secondary N) is 2. The topological polar surface area (TPSA) is 70.2 Å². The maximum Gasteiger partial charge on any atom is 0.271 e. The van der Waals surface area contributed by atoms with Crippen molar-refractivity contribution in [1.82, 2.24) is 15.3 Å². The zero-order chi connectivity index (χ0) is 18.4. The number of carbonyl (C=O) groups is 1. The second-order valence-electron chi connectivity index (χ2n) is 6.88. The highest BCUT2D eigenvalue weighted by atomic mass is 16.1. The van der Waals surface area contributed by atoms with Gasteiger partial charge in [0.1, 0.15) is 11.5 Å². The molecule has 2 aromatic rings. The zero-order valence-corrected chi connectivity index (χ0v) is 15.5. The molecule has 0 aliphatic carbocycles. The highest BCUT2D eigenvalue weighted by molar-refractivity contribution is 5.92. The number of hydrogen-bond donors (Lipinski definition) is 2. The maximum atomic E-state index is 11.8. The van der Waals surface area contributed by atoms with Crippen molar-refractivity contribution in [3.05, 3.63) is 42.4 Å². The van der Waals surface area contributed by atoms with Crippen molar-refractivity contribution in [1.29, 1.82) is 0 Å². The molecule has 138 valence electrons. The van der Waals surface area contributed by atoms with Gasteiger partial charge in [0.05, 0.1) is 12.4 Å². The molecule has 1 aliphatic heterocycles. The molecule has 0 spiro atoms. The first-order valence-corrected chi connectivity index (χ1v) is 9.38. The Bertz CT molecular complexity index is 706. The Labute approximate surface area is 155 Å². The number of carbonyl (C=O) groups excluding carboxylic acids is 1. The van der Waals surface area contributed by atoms with Crippen molar-refractivity contribution in [2.24, 2.45) is 5.92 Å². The second kappa shape index (κ2) is 8.65. The second-order valence-corrected chi connectivity index (χ2v) is 6.88. The molecule has 0 atom stereocenters. The largest absolute Gasteiger partial charge is 0.372 e. The number of piperidine rings is 1. The van der Waals surface area contributed by atoms with Crippen molar-refractivity contribution in [3.8, 4) is 0 Å². The van der Waals surface area contributed by atoms with Crippen molar-refractivity contribution >= 4 is 23.1 Å². The standard InChI is InChI=1S/C20H27N5O/c1-3-10-21-20(26)18-13-23-19(14-22-18)24-16-4-6-17(7-5-16)25-11-8-15(2)9-12-25/h4-7,13-15H,3,8-12H2,1-2H3,(H,21,26)(H,23,24). The summed E-state index contributed by atoms with van der Waals surface area (Å²) < 4.78 is 0. The minimum atomic E-state index is -0.189. The van der Waals surface area contributed by atoms with Crippen molar-refractivity contribution in [2.45, 2.75) is 33.1 Å². The molecule has 1 amide bonds. The number of nitrogens with zero attached hydrogens (tertiary/aromatic N) is 3. The normalized spacial score (nSPS) is 14.9. The van der Waals surface area contributed by atoms with Crippen molar-refractivity contribution < 1.29 is 4.79 Å². The van der Waals surface area contributed by atoms with Crippen LogP contribution in [0.4, 0.5) is 17.2 Å². The Morgan fingerprint density at radius 3 is 2.50 bits per heavy atom. The third-order valence-electron chi connectivity index (χ3n) is 4.71. The molecule has 0 radical (unpaired) electrons. The molecule has 6 nitrogen and oxygen atoms in total. The molecule has 1 aromatic carbocycles. The van der Waals surface area contributed by atoms with E-state index in [1.54, 1.807) is 6.20 Å². The van der Waals surface area contributed by atoms with E-state index < -0.39 is 0 Å². The summed E-state index contributed by atoms with van der Waals surface area (Å²) in [5.74, 6) is 1.26. The molecule has 26 heavy (non-hydrogen) atoms. The van der Waals surface area contributed by atoms with Crippen LogP contribution >= 0.6 is 0 Å². The van der Waals surface area contributed by atoms with Gasteiger partial charge in [0.15, 0.2) is 0 Å². The molecule has 1 fully saturated rings. The van der Waals surface area contributed by atoms with Crippen LogP contribution < -0.4 is 15.5 Å². The van der Waals surface area contributed by atoms with E-state index in [1.165, 1.54) is 24.7 Å². The summed E-state index contributed by atoms with van der Waals surface area (Å²) in [5.41, 5.74) is 2.55. The highest BCUT2D eigenvalue weighted by Gasteiger charge is 2.15. The van der Waals surface area contributed by atoms with Crippen LogP contribution in [0, 0.1) is 5.92 Å². The minimum absolute atomic E-state index is 0.189. The summed E-state index contributed by atoms with van der Waals surface area (Å²) in [4.78, 5) is 22.7. The van der Waals surface area contributed by atoms with Gasteiger partial charge in [-0.25, -0.2) is 9.97 Å². The summed E-state index contributed by atoms with van der Waals surface area (Å²) >= 11 is 0. The molecule has 0 saturated carbocycles. The predicted molar refractivity (Wildman–Crippen MR) is 105 cm³/mol. The first-order valence-electron chi connectivity index (χ1n) is 9.38. The molecule has 0 bridgehead atoms. The molecule has 1 aliphatic rings. The summed E-state index contributed by atoms with van der Waals surface area (Å²) in [6.07, 6.45) is 6.49. The fraction of sp³-hybridized carbons (Fsp3) is 0.450. The van der Waals surface area contributed by atoms with Crippen molar-refractivity contribution in [3.63, 3.8) is 0 Å². The van der Waals surface area contributed by atoms with E-state index in [0.29, 0.717) is 18.1 Å². The first kappa shape index (κ1) is 18.2. The molecule has 3 rings (SSSR count). The molecule has 1 saturated heterocycles. The van der Waals surface area contributed by atoms with Gasteiger partial charge in [-0.2, -0.15) is 0 Å². The fourth-order valence-corrected chi connectivity index (χ4v) is 3.01. The Kier molecular flexibility index (Phi) is 6.04. The Morgan fingerprint density at radius 1 is 1.15 bits per heavy atom. The SMILES string of the molecule is CCCNC(=O)c1cnc(Nc2ccc(N3CCC(C)CC3)cc2)cn1. The molecular weight excluding hydrogens is 326 g/mol. The lowest BCUT2D eigenvalue weighted by Gasteiger charge is -2.32. The Hall–Kier alpha value is -2.63. The Morgan fingerprint density at radius 2 is 1.88 bits per heavy atom. The van der Waals surface area contributed by atoms with Crippen LogP contribution in [0.5, 0.6) is 0 Å². The first-order chi connectivity index (χ1) is 12.7. The maximum absolute atomic E-state index is 11.8. The molecule has 2 heterocycles. The Balaban J connectivity index is 1.58. The van der Waals surface area contributed by atoms with E-state index in [4.69, 9.17) is 0 Å². The minimum Gasteiger partial charge on any atom is -0.372 e. The number of hydrogen-bond acceptors (Lipinski definition) is 5. The average Bonchev–Trinajstić information content (AvgIpc) is 2.68. The van der Waals surface area contributed by atoms with Gasteiger partial charge in [-0.1, -0.05) is 13.8 Å². The lowest BCUT2D eigenvalue weighted by Crippen LogP contribution is -2.32. The number of amides is 1. The number of anilines is 3. The van der Waals surface area contributed by atoms with Crippen LogP contribution in [-0.2, 0) is 0 Å². The van der Waals surface area contributed by atoms with E-state index in [9.17, 15) is 4.79 Å². The van der Waals surface area contributed by atoms with Gasteiger partial charge in [-0.05, 0) is 49.4 Å². The number of benzene rings is 1. The molecule has 6 heteroatoms. The average molecular weight is 353 g/mol. The molecular formula is C20H27N5O. The molecule has 0 unspecified atom stereocenters. The smallest absolute Gasteiger partial charge is 0.271 e. The van der Waals surface area contributed by atoms with Gasteiger partial charge in [-0.3, -0.25) is 4.79 Å². The van der Waals surface area contributed by atoms with E-state index in [2.05, 4.69) is 56.7 Å². The van der Waals surface area contributed by atoms with Crippen LogP contribution in [-0.4, -0.2) is 35.5 Å². The van der Waals surface area contributed by atoms with Gasteiger partial charge in [-0.15, -0.1) is 0 Å². The third kappa shape index (κ3) is 4.71. The summed E-state index contributed by atoms with van der Waals surface area (Å²) in [5, 5.41) is 6.02. The van der Waals surface area contributed by atoms with Gasteiger partial charge in [0.25, 0.3) is 5.91 Å². The van der Waals surface area contributed by atoms with Crippen LogP contribution in [0.25, 0.3) is 0 Å². The molecule has 2 N–H and O–H groups in total. The summed E-state index contributed by atoms with van der Waals surface area (Å²) in [7, 11) is 0. The quantitative estimate of drug-likeness (QED) is 0.830. The van der Waals surface area contributed by atoms with Crippen molar-refractivity contribution in [2.75, 3.05) is 29.9 Å². The van der Waals surface area contributed by atoms with Crippen LogP contribution in [0.3, 0.4) is 0 Å². The van der Waals surface area contributed by atoms with E-state index in [1.807, 2.05) is 6.92 Å². The lowest BCUT2D eigenvalue weighted by molar-refractivity contribution is 0.0948. The van der Waals surface area contributed by atoms with E-state index in [-0.39, 0.29) is 5.91 Å². The third-order valence-corrected chi connectivity index (χ3v) is 4.71. The van der Waals surface area contributed by atoms with E-state index in [0.717, 1.165) is 31.1 Å². The lowest BCUT2D eigenvalue weighted by atomic mass is 9.99. The van der Waals surface area contributed by atoms with Gasteiger partial charge in [0, 0.05) is 31.0 Å². The number of aromatic nitrogens is 2. The molecule has 1 aromatic heterocycles. The van der Waals surface area contributed by atoms with Crippen LogP contribution in [0.15, 0.2) is 36.7 Å². The van der Waals surface area contributed by atoms with Crippen LogP contribution in [0.1, 0.15) is 43.6 Å². The predicted octanol–water partition coefficient (Wildman–Crippen LogP) is 3.60. The van der Waals surface area contributed by atoms with Crippen LogP contribution in [0.2, 0.25) is 0 Å². The zero-order valence-electron chi connectivity index (χ0n) is 15.5.